The maximum atomic E-state index is 11.6. The van der Waals surface area contributed by atoms with E-state index in [1.54, 1.807) is 13.8 Å². The van der Waals surface area contributed by atoms with Crippen molar-refractivity contribution in [1.29, 1.82) is 0 Å². The molecule has 0 aromatic heterocycles. The fourth-order valence-electron chi connectivity index (χ4n) is 1.89. The minimum absolute atomic E-state index is 0.142. The smallest absolute Gasteiger partial charge is 0.155 e. The van der Waals surface area contributed by atoms with Gasteiger partial charge in [0, 0.05) is 11.2 Å². The van der Waals surface area contributed by atoms with Crippen LogP contribution in [0.15, 0.2) is 0 Å². The summed E-state index contributed by atoms with van der Waals surface area (Å²) in [7, 11) is -3.01. The van der Waals surface area contributed by atoms with Crippen molar-refractivity contribution in [2.75, 3.05) is 11.1 Å². The Bertz CT molecular complexity index is 284. The zero-order valence-electron chi connectivity index (χ0n) is 7.83. The van der Waals surface area contributed by atoms with Crippen LogP contribution in [0.2, 0.25) is 0 Å². The minimum Gasteiger partial charge on any atom is -0.392 e. The summed E-state index contributed by atoms with van der Waals surface area (Å²) in [5, 5.41) is 10.1. The van der Waals surface area contributed by atoms with Crippen molar-refractivity contribution in [3.05, 3.63) is 0 Å². The molecule has 0 amide bonds. The molecular formula is C8H15BrO3S. The molecule has 0 radical (unpaired) electrons. The maximum Gasteiger partial charge on any atom is 0.155 e. The third-order valence-electron chi connectivity index (χ3n) is 3.01. The molecule has 0 saturated carbocycles. The Morgan fingerprint density at radius 3 is 2.46 bits per heavy atom. The summed E-state index contributed by atoms with van der Waals surface area (Å²) in [6.45, 7) is 3.40. The molecule has 1 saturated heterocycles. The van der Waals surface area contributed by atoms with E-state index in [0.717, 1.165) is 0 Å². The van der Waals surface area contributed by atoms with Gasteiger partial charge in [-0.15, -0.1) is 0 Å². The molecule has 0 aromatic carbocycles. The van der Waals surface area contributed by atoms with Crippen LogP contribution in [0.5, 0.6) is 0 Å². The monoisotopic (exact) mass is 270 g/mol. The molecule has 1 rings (SSSR count). The second-order valence-electron chi connectivity index (χ2n) is 4.04. The molecule has 1 heterocycles. The Balaban J connectivity index is 2.95. The summed E-state index contributed by atoms with van der Waals surface area (Å²) in [5.74, 6) is 0.0613. The van der Waals surface area contributed by atoms with Crippen molar-refractivity contribution < 1.29 is 13.5 Å². The molecule has 0 aliphatic carbocycles. The maximum absolute atomic E-state index is 11.6. The molecule has 1 aliphatic rings. The van der Waals surface area contributed by atoms with E-state index in [1.165, 1.54) is 0 Å². The summed E-state index contributed by atoms with van der Waals surface area (Å²) in [6, 6.07) is 0. The molecule has 78 valence electrons. The normalized spacial score (nSPS) is 33.1. The topological polar surface area (TPSA) is 54.4 Å². The Morgan fingerprint density at radius 1 is 1.62 bits per heavy atom. The Hall–Kier alpha value is 0.390. The Kier molecular flexibility index (Phi) is 3.10. The molecule has 0 bridgehead atoms. The van der Waals surface area contributed by atoms with E-state index in [9.17, 15) is 13.5 Å². The van der Waals surface area contributed by atoms with E-state index in [2.05, 4.69) is 15.9 Å². The van der Waals surface area contributed by atoms with E-state index in [1.807, 2.05) is 0 Å². The first-order valence-electron chi connectivity index (χ1n) is 4.29. The molecule has 1 fully saturated rings. The number of halogens is 1. The van der Waals surface area contributed by atoms with Crippen molar-refractivity contribution >= 4 is 25.8 Å². The lowest BCUT2D eigenvalue weighted by Gasteiger charge is -2.28. The van der Waals surface area contributed by atoms with Crippen molar-refractivity contribution in [3.8, 4) is 0 Å². The van der Waals surface area contributed by atoms with Crippen LogP contribution in [0.1, 0.15) is 20.3 Å². The Labute approximate surface area is 87.6 Å². The first kappa shape index (κ1) is 11.5. The summed E-state index contributed by atoms with van der Waals surface area (Å²) in [6.07, 6.45) is 0.00882. The predicted molar refractivity (Wildman–Crippen MR) is 55.8 cm³/mol. The SMILES string of the molecule is CC1(C)C(C(O)CBr)CCS1(=O)=O. The van der Waals surface area contributed by atoms with Crippen LogP contribution in [0, 0.1) is 5.92 Å². The highest BCUT2D eigenvalue weighted by Crippen LogP contribution is 2.39. The van der Waals surface area contributed by atoms with Crippen molar-refractivity contribution in [1.82, 2.24) is 0 Å². The van der Waals surface area contributed by atoms with Gasteiger partial charge in [0.15, 0.2) is 9.84 Å². The molecule has 1 N–H and O–H groups in total. The van der Waals surface area contributed by atoms with Gasteiger partial charge in [0.1, 0.15) is 0 Å². The van der Waals surface area contributed by atoms with Gasteiger partial charge in [0.05, 0.1) is 16.6 Å². The first-order valence-corrected chi connectivity index (χ1v) is 7.06. The van der Waals surface area contributed by atoms with Gasteiger partial charge in [-0.05, 0) is 20.3 Å². The van der Waals surface area contributed by atoms with E-state index < -0.39 is 20.7 Å². The second kappa shape index (κ2) is 3.51. The van der Waals surface area contributed by atoms with Gasteiger partial charge in [0.25, 0.3) is 0 Å². The van der Waals surface area contributed by atoms with Crippen LogP contribution in [-0.2, 0) is 9.84 Å². The van der Waals surface area contributed by atoms with Crippen LogP contribution in [0.3, 0.4) is 0 Å². The lowest BCUT2D eigenvalue weighted by atomic mass is 9.88. The number of sulfone groups is 1. The largest absolute Gasteiger partial charge is 0.392 e. The first-order chi connectivity index (χ1) is 5.83. The number of aliphatic hydroxyl groups excluding tert-OH is 1. The van der Waals surface area contributed by atoms with E-state index in [-0.39, 0.29) is 11.7 Å². The highest BCUT2D eigenvalue weighted by atomic mass is 79.9. The second-order valence-corrected chi connectivity index (χ2v) is 7.38. The lowest BCUT2D eigenvalue weighted by molar-refractivity contribution is 0.115. The number of hydrogen-bond donors (Lipinski definition) is 1. The third kappa shape index (κ3) is 1.78. The Morgan fingerprint density at radius 2 is 2.15 bits per heavy atom. The number of aliphatic hydroxyl groups is 1. The van der Waals surface area contributed by atoms with Gasteiger partial charge in [-0.25, -0.2) is 8.42 Å². The fourth-order valence-corrected chi connectivity index (χ4v) is 4.16. The van der Waals surface area contributed by atoms with E-state index in [0.29, 0.717) is 11.8 Å². The van der Waals surface area contributed by atoms with E-state index >= 15 is 0 Å². The highest BCUT2D eigenvalue weighted by Gasteiger charge is 2.49. The summed E-state index contributed by atoms with van der Waals surface area (Å²) in [5.41, 5.74) is 0. The standard InChI is InChI=1S/C8H15BrO3S/c1-8(2)6(7(10)5-9)3-4-13(8,11)12/h6-7,10H,3-5H2,1-2H3. The molecular weight excluding hydrogens is 256 g/mol. The molecule has 2 unspecified atom stereocenters. The van der Waals surface area contributed by atoms with Crippen molar-refractivity contribution in [3.63, 3.8) is 0 Å². The summed E-state index contributed by atoms with van der Waals surface area (Å²) < 4.78 is 22.4. The van der Waals surface area contributed by atoms with Gasteiger partial charge in [0.2, 0.25) is 0 Å². The molecule has 5 heteroatoms. The van der Waals surface area contributed by atoms with Crippen LogP contribution in [-0.4, -0.2) is 35.5 Å². The van der Waals surface area contributed by atoms with Gasteiger partial charge >= 0.3 is 0 Å². The number of alkyl halides is 1. The molecule has 0 spiro atoms. The lowest BCUT2D eigenvalue weighted by Crippen LogP contribution is -2.40. The number of hydrogen-bond acceptors (Lipinski definition) is 3. The zero-order valence-corrected chi connectivity index (χ0v) is 10.2. The zero-order chi connectivity index (χ0) is 10.3. The minimum atomic E-state index is -3.01. The molecule has 0 aromatic rings. The van der Waals surface area contributed by atoms with Gasteiger partial charge in [-0.3, -0.25) is 0 Å². The van der Waals surface area contributed by atoms with Crippen molar-refractivity contribution in [2.45, 2.75) is 31.1 Å². The van der Waals surface area contributed by atoms with Crippen LogP contribution >= 0.6 is 15.9 Å². The average Bonchev–Trinajstić information content (AvgIpc) is 2.22. The summed E-state index contributed by atoms with van der Waals surface area (Å²) >= 11 is 3.17. The molecule has 1 aliphatic heterocycles. The number of rotatable bonds is 2. The van der Waals surface area contributed by atoms with Gasteiger partial charge in [-0.2, -0.15) is 0 Å². The molecule has 2 atom stereocenters. The quantitative estimate of drug-likeness (QED) is 0.761. The predicted octanol–water partition coefficient (Wildman–Crippen LogP) is 0.956. The third-order valence-corrected chi connectivity index (χ3v) is 6.36. The summed E-state index contributed by atoms with van der Waals surface area (Å²) in [4.78, 5) is 0. The van der Waals surface area contributed by atoms with Crippen LogP contribution < -0.4 is 0 Å². The highest BCUT2D eigenvalue weighted by molar-refractivity contribution is 9.09. The van der Waals surface area contributed by atoms with E-state index in [4.69, 9.17) is 0 Å². The van der Waals surface area contributed by atoms with Crippen molar-refractivity contribution in [2.24, 2.45) is 5.92 Å². The van der Waals surface area contributed by atoms with Crippen LogP contribution in [0.25, 0.3) is 0 Å². The molecule has 13 heavy (non-hydrogen) atoms. The van der Waals surface area contributed by atoms with Crippen LogP contribution in [0.4, 0.5) is 0 Å². The van der Waals surface area contributed by atoms with Gasteiger partial charge < -0.3 is 5.11 Å². The molecule has 3 nitrogen and oxygen atoms in total. The van der Waals surface area contributed by atoms with Gasteiger partial charge in [-0.1, -0.05) is 15.9 Å². The fraction of sp³-hybridized carbons (Fsp3) is 1.00. The average molecular weight is 271 g/mol.